The normalized spacial score (nSPS) is 14.8. The average Bonchev–Trinajstić information content (AvgIpc) is 3.43. The van der Waals surface area contributed by atoms with Gasteiger partial charge >= 0.3 is 0 Å². The van der Waals surface area contributed by atoms with Crippen LogP contribution in [-0.4, -0.2) is 25.1 Å². The highest BCUT2D eigenvalue weighted by molar-refractivity contribution is 5.97. The predicted molar refractivity (Wildman–Crippen MR) is 91.5 cm³/mol. The van der Waals surface area contributed by atoms with Crippen molar-refractivity contribution in [1.29, 1.82) is 0 Å². The van der Waals surface area contributed by atoms with Crippen molar-refractivity contribution in [3.8, 4) is 11.5 Å². The fourth-order valence-corrected chi connectivity index (χ4v) is 2.81. The summed E-state index contributed by atoms with van der Waals surface area (Å²) in [5, 5.41) is 3.13. The number of pyridine rings is 1. The summed E-state index contributed by atoms with van der Waals surface area (Å²) in [6, 6.07) is 11.0. The van der Waals surface area contributed by atoms with Crippen molar-refractivity contribution < 1.29 is 14.3 Å². The number of aryl methyl sites for hydroxylation is 1. The molecule has 1 fully saturated rings. The first-order valence-electron chi connectivity index (χ1n) is 8.09. The van der Waals surface area contributed by atoms with Gasteiger partial charge in [0.05, 0.1) is 31.5 Å². The van der Waals surface area contributed by atoms with Crippen LogP contribution in [0.5, 0.6) is 11.5 Å². The number of hydrogen-bond acceptors (Lipinski definition) is 4. The van der Waals surface area contributed by atoms with Crippen molar-refractivity contribution >= 4 is 5.91 Å². The molecule has 1 aromatic carbocycles. The Morgan fingerprint density at radius 3 is 2.62 bits per heavy atom. The van der Waals surface area contributed by atoms with Gasteiger partial charge in [0.25, 0.3) is 5.91 Å². The molecule has 1 aromatic heterocycles. The number of nitrogens with zero attached hydrogens (tertiary/aromatic N) is 1. The highest BCUT2D eigenvalue weighted by atomic mass is 16.5. The van der Waals surface area contributed by atoms with Gasteiger partial charge in [0.1, 0.15) is 11.5 Å². The van der Waals surface area contributed by atoms with E-state index in [0.29, 0.717) is 23.0 Å². The third-order valence-corrected chi connectivity index (χ3v) is 4.26. The summed E-state index contributed by atoms with van der Waals surface area (Å²) < 4.78 is 10.5. The molecular formula is C19H22N2O3. The van der Waals surface area contributed by atoms with Gasteiger partial charge in [-0.1, -0.05) is 6.07 Å². The van der Waals surface area contributed by atoms with Crippen LogP contribution >= 0.6 is 0 Å². The van der Waals surface area contributed by atoms with Crippen molar-refractivity contribution in [2.75, 3.05) is 14.2 Å². The van der Waals surface area contributed by atoms with E-state index in [4.69, 9.17) is 9.47 Å². The van der Waals surface area contributed by atoms with Crippen molar-refractivity contribution in [1.82, 2.24) is 10.3 Å². The van der Waals surface area contributed by atoms with E-state index in [0.717, 1.165) is 24.2 Å². The zero-order valence-electron chi connectivity index (χ0n) is 14.2. The van der Waals surface area contributed by atoms with Gasteiger partial charge in [-0.3, -0.25) is 9.78 Å². The first kappa shape index (κ1) is 16.3. The fraction of sp³-hybridized carbons (Fsp3) is 0.368. The van der Waals surface area contributed by atoms with Gasteiger partial charge in [-0.05, 0) is 49.9 Å². The molecule has 24 heavy (non-hydrogen) atoms. The lowest BCUT2D eigenvalue weighted by Crippen LogP contribution is -2.30. The number of aromatic nitrogens is 1. The van der Waals surface area contributed by atoms with Crippen LogP contribution in [0, 0.1) is 12.8 Å². The molecule has 1 saturated carbocycles. The third kappa shape index (κ3) is 3.50. The quantitative estimate of drug-likeness (QED) is 0.885. The van der Waals surface area contributed by atoms with Crippen molar-refractivity contribution in [2.24, 2.45) is 5.92 Å². The first-order chi connectivity index (χ1) is 11.6. The number of methoxy groups -OCH3 is 2. The summed E-state index contributed by atoms with van der Waals surface area (Å²) in [6.07, 6.45) is 2.22. The van der Waals surface area contributed by atoms with E-state index < -0.39 is 0 Å². The summed E-state index contributed by atoms with van der Waals surface area (Å²) in [5.74, 6) is 1.45. The highest BCUT2D eigenvalue weighted by Gasteiger charge is 2.35. The second kappa shape index (κ2) is 6.91. The maximum Gasteiger partial charge on any atom is 0.255 e. The molecule has 2 aromatic rings. The maximum atomic E-state index is 12.8. The average molecular weight is 326 g/mol. The van der Waals surface area contributed by atoms with Crippen LogP contribution < -0.4 is 14.8 Å². The number of nitrogens with one attached hydrogen (secondary N) is 1. The molecule has 0 bridgehead atoms. The topological polar surface area (TPSA) is 60.5 Å². The van der Waals surface area contributed by atoms with E-state index in [1.165, 1.54) is 0 Å². The minimum Gasteiger partial charge on any atom is -0.497 e. The standard InChI is InChI=1S/C19H22N2O3/c1-12-5-4-6-16(20-12)18(13-7-8-13)21-19(22)15-10-9-14(23-2)11-17(15)24-3/h4-6,9-11,13,18H,7-8H2,1-3H3,(H,21,22). The van der Waals surface area contributed by atoms with Gasteiger partial charge in [0.15, 0.2) is 0 Å². The molecule has 1 amide bonds. The Morgan fingerprint density at radius 2 is 2.00 bits per heavy atom. The molecule has 0 saturated heterocycles. The summed E-state index contributed by atoms with van der Waals surface area (Å²) in [5.41, 5.74) is 2.37. The largest absolute Gasteiger partial charge is 0.497 e. The second-order valence-electron chi connectivity index (χ2n) is 6.06. The van der Waals surface area contributed by atoms with Gasteiger partial charge in [0.2, 0.25) is 0 Å². The van der Waals surface area contributed by atoms with Crippen molar-refractivity contribution in [3.63, 3.8) is 0 Å². The number of ether oxygens (including phenoxy) is 2. The number of rotatable bonds is 6. The molecule has 126 valence electrons. The van der Waals surface area contributed by atoms with Gasteiger partial charge in [-0.25, -0.2) is 0 Å². The van der Waals surface area contributed by atoms with Gasteiger partial charge in [0, 0.05) is 11.8 Å². The lowest BCUT2D eigenvalue weighted by molar-refractivity contribution is 0.0927. The van der Waals surface area contributed by atoms with E-state index in [2.05, 4.69) is 10.3 Å². The zero-order chi connectivity index (χ0) is 17.1. The Bertz CT molecular complexity index is 741. The van der Waals surface area contributed by atoms with Crippen LogP contribution in [0.2, 0.25) is 0 Å². The molecular weight excluding hydrogens is 304 g/mol. The highest BCUT2D eigenvalue weighted by Crippen LogP contribution is 2.40. The number of amides is 1. The SMILES string of the molecule is COc1ccc(C(=O)NC(c2cccc(C)n2)C2CC2)c(OC)c1. The smallest absolute Gasteiger partial charge is 0.255 e. The molecule has 3 rings (SSSR count). The van der Waals surface area contributed by atoms with Crippen LogP contribution in [0.4, 0.5) is 0 Å². The monoisotopic (exact) mass is 326 g/mol. The number of carbonyl (C=O) groups is 1. The maximum absolute atomic E-state index is 12.8. The lowest BCUT2D eigenvalue weighted by atomic mass is 10.1. The Hall–Kier alpha value is -2.56. The zero-order valence-corrected chi connectivity index (χ0v) is 14.2. The molecule has 0 spiro atoms. The molecule has 1 atom stereocenters. The molecule has 0 radical (unpaired) electrons. The van der Waals surface area contributed by atoms with Gasteiger partial charge in [-0.2, -0.15) is 0 Å². The molecule has 0 aliphatic heterocycles. The minimum atomic E-state index is -0.158. The van der Waals surface area contributed by atoms with Crippen molar-refractivity contribution in [2.45, 2.75) is 25.8 Å². The van der Waals surface area contributed by atoms with Gasteiger partial charge in [-0.15, -0.1) is 0 Å². The lowest BCUT2D eigenvalue weighted by Gasteiger charge is -2.19. The number of hydrogen-bond donors (Lipinski definition) is 1. The van der Waals surface area contributed by atoms with E-state index in [1.54, 1.807) is 32.4 Å². The molecule has 1 aliphatic rings. The van der Waals surface area contributed by atoms with Gasteiger partial charge < -0.3 is 14.8 Å². The Morgan fingerprint density at radius 1 is 1.21 bits per heavy atom. The van der Waals surface area contributed by atoms with Crippen LogP contribution in [0.25, 0.3) is 0 Å². The third-order valence-electron chi connectivity index (χ3n) is 4.26. The summed E-state index contributed by atoms with van der Waals surface area (Å²) in [6.45, 7) is 1.96. The van der Waals surface area contributed by atoms with E-state index >= 15 is 0 Å². The minimum absolute atomic E-state index is 0.0655. The van der Waals surface area contributed by atoms with Crippen LogP contribution in [-0.2, 0) is 0 Å². The Labute approximate surface area is 142 Å². The Kier molecular flexibility index (Phi) is 4.69. The summed E-state index contributed by atoms with van der Waals surface area (Å²) in [7, 11) is 3.13. The fourth-order valence-electron chi connectivity index (χ4n) is 2.81. The second-order valence-corrected chi connectivity index (χ2v) is 6.06. The molecule has 1 unspecified atom stereocenters. The molecule has 1 N–H and O–H groups in total. The Balaban J connectivity index is 1.84. The van der Waals surface area contributed by atoms with E-state index in [-0.39, 0.29) is 11.9 Å². The predicted octanol–water partition coefficient (Wildman–Crippen LogP) is 3.29. The molecule has 1 aliphatic carbocycles. The molecule has 5 nitrogen and oxygen atoms in total. The van der Waals surface area contributed by atoms with E-state index in [9.17, 15) is 4.79 Å². The van der Waals surface area contributed by atoms with E-state index in [1.807, 2.05) is 25.1 Å². The van der Waals surface area contributed by atoms with Crippen molar-refractivity contribution in [3.05, 3.63) is 53.3 Å². The number of carbonyl (C=O) groups excluding carboxylic acids is 1. The van der Waals surface area contributed by atoms with Crippen LogP contribution in [0.3, 0.4) is 0 Å². The van der Waals surface area contributed by atoms with Crippen LogP contribution in [0.15, 0.2) is 36.4 Å². The molecule has 5 heteroatoms. The summed E-state index contributed by atoms with van der Waals surface area (Å²) >= 11 is 0. The first-order valence-corrected chi connectivity index (χ1v) is 8.09. The summed E-state index contributed by atoms with van der Waals surface area (Å²) in [4.78, 5) is 17.4. The van der Waals surface area contributed by atoms with Crippen LogP contribution in [0.1, 0.15) is 40.6 Å². The molecule has 1 heterocycles. The number of benzene rings is 1.